The van der Waals surface area contributed by atoms with Crippen LogP contribution in [0.15, 0.2) is 18.3 Å². The van der Waals surface area contributed by atoms with Gasteiger partial charge in [-0.15, -0.1) is 0 Å². The third-order valence-corrected chi connectivity index (χ3v) is 5.55. The van der Waals surface area contributed by atoms with E-state index in [1.54, 1.807) is 4.52 Å². The molecule has 1 aliphatic heterocycles. The second-order valence-electron chi connectivity index (χ2n) is 7.71. The third kappa shape index (κ3) is 3.56. The van der Waals surface area contributed by atoms with E-state index >= 15 is 0 Å². The lowest BCUT2D eigenvalue weighted by Gasteiger charge is -2.32. The van der Waals surface area contributed by atoms with E-state index in [1.807, 2.05) is 25.3 Å². The van der Waals surface area contributed by atoms with Crippen LogP contribution in [0.4, 0.5) is 5.82 Å². The van der Waals surface area contributed by atoms with Gasteiger partial charge in [-0.05, 0) is 39.7 Å². The minimum absolute atomic E-state index is 0.409. The second-order valence-corrected chi connectivity index (χ2v) is 7.71. The van der Waals surface area contributed by atoms with Crippen molar-refractivity contribution in [3.63, 3.8) is 0 Å². The molecule has 7 nitrogen and oxygen atoms in total. The molecule has 4 rings (SSSR count). The number of nitrogen functional groups attached to an aromatic ring is 1. The molecule has 1 aliphatic rings. The average Bonchev–Trinajstić information content (AvgIpc) is 3.19. The van der Waals surface area contributed by atoms with Gasteiger partial charge < -0.3 is 5.73 Å². The summed E-state index contributed by atoms with van der Waals surface area (Å²) < 4.78 is 3.85. The molecule has 1 atom stereocenters. The number of piperidine rings is 1. The van der Waals surface area contributed by atoms with Crippen LogP contribution < -0.4 is 5.73 Å². The first-order valence-electron chi connectivity index (χ1n) is 9.91. The van der Waals surface area contributed by atoms with Crippen molar-refractivity contribution in [1.82, 2.24) is 29.3 Å². The zero-order valence-corrected chi connectivity index (χ0v) is 16.5. The number of anilines is 1. The molecule has 7 heteroatoms. The second kappa shape index (κ2) is 7.31. The summed E-state index contributed by atoms with van der Waals surface area (Å²) in [6.07, 6.45) is 5.47. The number of nitrogens with zero attached hydrogens (tertiary/aromatic N) is 6. The van der Waals surface area contributed by atoms with Gasteiger partial charge in [0, 0.05) is 48.9 Å². The molecule has 3 aromatic rings. The van der Waals surface area contributed by atoms with Crippen LogP contribution >= 0.6 is 0 Å². The van der Waals surface area contributed by atoms with Crippen LogP contribution in [-0.2, 0) is 13.1 Å². The van der Waals surface area contributed by atoms with Crippen molar-refractivity contribution >= 4 is 11.5 Å². The Hall–Kier alpha value is -2.41. The highest BCUT2D eigenvalue weighted by molar-refractivity contribution is 5.48. The molecular weight excluding hydrogens is 338 g/mol. The number of fused-ring (bicyclic) bond motifs is 1. The Morgan fingerprint density at radius 2 is 2.11 bits per heavy atom. The Kier molecular flexibility index (Phi) is 4.86. The summed E-state index contributed by atoms with van der Waals surface area (Å²) in [4.78, 5) is 7.37. The lowest BCUT2D eigenvalue weighted by Crippen LogP contribution is -2.34. The molecule has 1 fully saturated rings. The van der Waals surface area contributed by atoms with Gasteiger partial charge in [-0.3, -0.25) is 9.58 Å². The average molecular weight is 368 g/mol. The number of aryl methyl sites for hydroxylation is 2. The van der Waals surface area contributed by atoms with Crippen LogP contribution in [0.25, 0.3) is 5.65 Å². The van der Waals surface area contributed by atoms with Gasteiger partial charge in [-0.1, -0.05) is 6.92 Å². The van der Waals surface area contributed by atoms with Crippen LogP contribution in [0, 0.1) is 13.8 Å². The summed E-state index contributed by atoms with van der Waals surface area (Å²) in [6, 6.07) is 3.99. The van der Waals surface area contributed by atoms with Crippen molar-refractivity contribution in [3.05, 3.63) is 41.0 Å². The predicted octanol–water partition coefficient (Wildman–Crippen LogP) is 2.91. The maximum Gasteiger partial charge on any atom is 0.157 e. The van der Waals surface area contributed by atoms with E-state index in [4.69, 9.17) is 10.7 Å². The quantitative estimate of drug-likeness (QED) is 0.750. The van der Waals surface area contributed by atoms with E-state index in [0.717, 1.165) is 56.1 Å². The molecule has 0 aromatic carbocycles. The number of hydrogen-bond donors (Lipinski definition) is 1. The van der Waals surface area contributed by atoms with Gasteiger partial charge in [0.1, 0.15) is 5.82 Å². The van der Waals surface area contributed by atoms with Crippen LogP contribution in [0.5, 0.6) is 0 Å². The fraction of sp³-hybridized carbons (Fsp3) is 0.550. The minimum atomic E-state index is 0.409. The predicted molar refractivity (Wildman–Crippen MR) is 107 cm³/mol. The van der Waals surface area contributed by atoms with Crippen molar-refractivity contribution in [2.45, 2.75) is 59.0 Å². The largest absolute Gasteiger partial charge is 0.384 e. The van der Waals surface area contributed by atoms with Crippen LogP contribution in [-0.4, -0.2) is 42.4 Å². The molecule has 3 aromatic heterocycles. The maximum atomic E-state index is 6.22. The van der Waals surface area contributed by atoms with Gasteiger partial charge in [0.2, 0.25) is 0 Å². The summed E-state index contributed by atoms with van der Waals surface area (Å²) in [5, 5.41) is 8.95. The van der Waals surface area contributed by atoms with Gasteiger partial charge in [-0.25, -0.2) is 4.98 Å². The zero-order chi connectivity index (χ0) is 19.0. The Labute approximate surface area is 160 Å². The highest BCUT2D eigenvalue weighted by atomic mass is 15.3. The van der Waals surface area contributed by atoms with Crippen molar-refractivity contribution in [3.8, 4) is 0 Å². The summed E-state index contributed by atoms with van der Waals surface area (Å²) >= 11 is 0. The molecular formula is C20H29N7. The van der Waals surface area contributed by atoms with Gasteiger partial charge in [0.05, 0.1) is 17.6 Å². The van der Waals surface area contributed by atoms with Crippen molar-refractivity contribution in [2.75, 3.05) is 18.8 Å². The lowest BCUT2D eigenvalue weighted by atomic mass is 9.94. The molecule has 144 valence electrons. The molecule has 1 saturated heterocycles. The minimum Gasteiger partial charge on any atom is -0.384 e. The third-order valence-electron chi connectivity index (χ3n) is 5.55. The molecule has 0 aliphatic carbocycles. The summed E-state index contributed by atoms with van der Waals surface area (Å²) in [6.45, 7) is 10.4. The molecule has 27 heavy (non-hydrogen) atoms. The van der Waals surface area contributed by atoms with Gasteiger partial charge >= 0.3 is 0 Å². The van der Waals surface area contributed by atoms with Crippen LogP contribution in [0.2, 0.25) is 0 Å². The number of likely N-dealkylation sites (tertiary alicyclic amines) is 1. The van der Waals surface area contributed by atoms with Crippen molar-refractivity contribution < 1.29 is 0 Å². The molecule has 0 radical (unpaired) electrons. The maximum absolute atomic E-state index is 6.22. The normalized spacial score (nSPS) is 18.4. The highest BCUT2D eigenvalue weighted by Gasteiger charge is 2.24. The Morgan fingerprint density at radius 1 is 1.26 bits per heavy atom. The molecule has 1 unspecified atom stereocenters. The summed E-state index contributed by atoms with van der Waals surface area (Å²) in [5.74, 6) is 1.07. The Morgan fingerprint density at radius 3 is 2.93 bits per heavy atom. The molecule has 0 bridgehead atoms. The topological polar surface area (TPSA) is 77.3 Å². The molecule has 0 amide bonds. The SMILES string of the molecule is CCCn1ncc(CN2CCCC(c3cc(N)n4nc(C)cc4n3)C2)c1C. The van der Waals surface area contributed by atoms with E-state index < -0.39 is 0 Å². The standard InChI is InChI=1S/C20H29N7/c1-4-7-26-15(3)17(11-22-26)13-25-8-5-6-16(12-25)18-10-19(21)27-20(23-18)9-14(2)24-27/h9-11,16H,4-8,12-13,21H2,1-3H3. The first-order valence-corrected chi connectivity index (χ1v) is 9.91. The summed E-state index contributed by atoms with van der Waals surface area (Å²) in [5.41, 5.74) is 11.7. The van der Waals surface area contributed by atoms with E-state index in [9.17, 15) is 0 Å². The number of rotatable bonds is 5. The fourth-order valence-electron chi connectivity index (χ4n) is 4.10. The number of nitrogens with two attached hydrogens (primary N) is 1. The van der Waals surface area contributed by atoms with Gasteiger partial charge in [0.15, 0.2) is 5.65 Å². The smallest absolute Gasteiger partial charge is 0.157 e. The van der Waals surface area contributed by atoms with Crippen molar-refractivity contribution in [1.29, 1.82) is 0 Å². The first-order chi connectivity index (χ1) is 13.0. The van der Waals surface area contributed by atoms with Gasteiger partial charge in [0.25, 0.3) is 0 Å². The monoisotopic (exact) mass is 367 g/mol. The Bertz CT molecular complexity index is 939. The van der Waals surface area contributed by atoms with E-state index in [-0.39, 0.29) is 0 Å². The van der Waals surface area contributed by atoms with E-state index in [0.29, 0.717) is 11.7 Å². The van der Waals surface area contributed by atoms with Gasteiger partial charge in [-0.2, -0.15) is 14.7 Å². The number of hydrogen-bond acceptors (Lipinski definition) is 5. The number of aromatic nitrogens is 5. The summed E-state index contributed by atoms with van der Waals surface area (Å²) in [7, 11) is 0. The lowest BCUT2D eigenvalue weighted by molar-refractivity contribution is 0.198. The van der Waals surface area contributed by atoms with E-state index in [2.05, 4.69) is 33.6 Å². The molecule has 0 spiro atoms. The van der Waals surface area contributed by atoms with E-state index in [1.165, 1.54) is 17.7 Å². The first kappa shape index (κ1) is 18.0. The highest BCUT2D eigenvalue weighted by Crippen LogP contribution is 2.28. The molecule has 0 saturated carbocycles. The van der Waals surface area contributed by atoms with Crippen LogP contribution in [0.1, 0.15) is 54.7 Å². The zero-order valence-electron chi connectivity index (χ0n) is 16.5. The Balaban J connectivity index is 1.51. The molecule has 2 N–H and O–H groups in total. The van der Waals surface area contributed by atoms with Crippen LogP contribution in [0.3, 0.4) is 0 Å². The fourth-order valence-corrected chi connectivity index (χ4v) is 4.10. The van der Waals surface area contributed by atoms with Crippen molar-refractivity contribution in [2.24, 2.45) is 0 Å². The molecule has 4 heterocycles.